The number of rotatable bonds is 3. The predicted molar refractivity (Wildman–Crippen MR) is 73.6 cm³/mol. The van der Waals surface area contributed by atoms with E-state index in [0.717, 1.165) is 6.54 Å². The average molecular weight is 256 g/mol. The first-order valence-electron chi connectivity index (χ1n) is 6.09. The third kappa shape index (κ3) is 3.95. The summed E-state index contributed by atoms with van der Waals surface area (Å²) >= 11 is 0. The van der Waals surface area contributed by atoms with E-state index in [4.69, 9.17) is 0 Å². The fourth-order valence-electron chi connectivity index (χ4n) is 2.31. The molecule has 0 aliphatic carbocycles. The second kappa shape index (κ2) is 6.94. The number of piperidine rings is 1. The molecule has 0 radical (unpaired) electrons. The molecule has 1 N–H and O–H groups in total. The number of nitrogens with one attached hydrogen (secondary N) is 1. The molecule has 1 aliphatic rings. The van der Waals surface area contributed by atoms with Gasteiger partial charge in [0, 0.05) is 24.5 Å². The molecule has 96 valence electrons. The molecule has 2 heterocycles. The lowest BCUT2D eigenvalue weighted by atomic mass is 10.0. The normalized spacial score (nSPS) is 17.8. The fourth-order valence-corrected chi connectivity index (χ4v) is 2.31. The lowest BCUT2D eigenvalue weighted by Gasteiger charge is -2.31. The molecule has 0 amide bonds. The Kier molecular flexibility index (Phi) is 5.89. The molecular formula is C13H22ClN3. The second-order valence-corrected chi connectivity index (χ2v) is 4.59. The van der Waals surface area contributed by atoms with Crippen molar-refractivity contribution in [1.82, 2.24) is 15.2 Å². The number of hydrogen-bond donors (Lipinski definition) is 1. The molecule has 1 aromatic heterocycles. The molecular weight excluding hydrogens is 234 g/mol. The zero-order chi connectivity index (χ0) is 11.4. The molecule has 3 nitrogen and oxygen atoms in total. The number of pyridine rings is 1. The molecule has 1 saturated heterocycles. The second-order valence-electron chi connectivity index (χ2n) is 4.59. The maximum absolute atomic E-state index is 4.34. The quantitative estimate of drug-likeness (QED) is 0.896. The first-order valence-corrected chi connectivity index (χ1v) is 6.09. The average Bonchev–Trinajstić information content (AvgIpc) is 2.33. The van der Waals surface area contributed by atoms with Crippen LogP contribution in [0.2, 0.25) is 0 Å². The highest BCUT2D eigenvalue weighted by atomic mass is 35.5. The number of aromatic nitrogens is 1. The van der Waals surface area contributed by atoms with Crippen molar-refractivity contribution in [3.05, 3.63) is 29.6 Å². The van der Waals surface area contributed by atoms with E-state index in [1.54, 1.807) is 0 Å². The van der Waals surface area contributed by atoms with Crippen molar-refractivity contribution in [3.8, 4) is 0 Å². The van der Waals surface area contributed by atoms with E-state index in [-0.39, 0.29) is 12.4 Å². The first-order chi connectivity index (χ1) is 7.79. The summed E-state index contributed by atoms with van der Waals surface area (Å²) in [5.41, 5.74) is 2.53. The van der Waals surface area contributed by atoms with Gasteiger partial charge in [-0.1, -0.05) is 6.07 Å². The van der Waals surface area contributed by atoms with Gasteiger partial charge in [0.1, 0.15) is 0 Å². The van der Waals surface area contributed by atoms with Crippen LogP contribution >= 0.6 is 12.4 Å². The highest BCUT2D eigenvalue weighted by molar-refractivity contribution is 5.85. The molecule has 2 rings (SSSR count). The monoisotopic (exact) mass is 255 g/mol. The van der Waals surface area contributed by atoms with E-state index in [1.165, 1.54) is 37.2 Å². The first kappa shape index (κ1) is 14.4. The Morgan fingerprint density at radius 2 is 2.12 bits per heavy atom. The molecule has 0 spiro atoms. The summed E-state index contributed by atoms with van der Waals surface area (Å²) in [7, 11) is 2.06. The van der Waals surface area contributed by atoms with E-state index >= 15 is 0 Å². The lowest BCUT2D eigenvalue weighted by Crippen LogP contribution is -2.40. The van der Waals surface area contributed by atoms with Gasteiger partial charge >= 0.3 is 0 Å². The summed E-state index contributed by atoms with van der Waals surface area (Å²) in [6.45, 7) is 5.53. The minimum absolute atomic E-state index is 0. The van der Waals surface area contributed by atoms with E-state index in [0.29, 0.717) is 6.04 Å². The Balaban J connectivity index is 0.00000144. The van der Waals surface area contributed by atoms with Crippen molar-refractivity contribution in [3.63, 3.8) is 0 Å². The van der Waals surface area contributed by atoms with Gasteiger partial charge in [0.25, 0.3) is 0 Å². The third-order valence-electron chi connectivity index (χ3n) is 3.51. The van der Waals surface area contributed by atoms with Crippen LogP contribution in [-0.4, -0.2) is 36.1 Å². The van der Waals surface area contributed by atoms with Gasteiger partial charge in [-0.15, -0.1) is 12.4 Å². The Morgan fingerprint density at radius 1 is 1.41 bits per heavy atom. The SMILES string of the molecule is CNC1CCN(Cc2cccnc2C)CC1.Cl. The lowest BCUT2D eigenvalue weighted by molar-refractivity contribution is 0.194. The smallest absolute Gasteiger partial charge is 0.0417 e. The Hall–Kier alpha value is -0.640. The van der Waals surface area contributed by atoms with Crippen molar-refractivity contribution in [2.45, 2.75) is 32.4 Å². The zero-order valence-electron chi connectivity index (χ0n) is 10.6. The van der Waals surface area contributed by atoms with E-state index < -0.39 is 0 Å². The van der Waals surface area contributed by atoms with E-state index in [1.807, 2.05) is 12.3 Å². The summed E-state index contributed by atoms with van der Waals surface area (Å²) in [5, 5.41) is 3.36. The van der Waals surface area contributed by atoms with Gasteiger partial charge < -0.3 is 5.32 Å². The van der Waals surface area contributed by atoms with Gasteiger partial charge in [0.05, 0.1) is 0 Å². The number of hydrogen-bond acceptors (Lipinski definition) is 3. The van der Waals surface area contributed by atoms with E-state index in [2.05, 4.69) is 35.2 Å². The maximum atomic E-state index is 4.34. The van der Waals surface area contributed by atoms with Crippen molar-refractivity contribution >= 4 is 12.4 Å². The highest BCUT2D eigenvalue weighted by Crippen LogP contribution is 2.14. The van der Waals surface area contributed by atoms with E-state index in [9.17, 15) is 0 Å². The molecule has 1 aliphatic heterocycles. The van der Waals surface area contributed by atoms with Crippen molar-refractivity contribution < 1.29 is 0 Å². The molecule has 4 heteroatoms. The molecule has 0 unspecified atom stereocenters. The molecule has 1 fully saturated rings. The fraction of sp³-hybridized carbons (Fsp3) is 0.615. The number of likely N-dealkylation sites (tertiary alicyclic amines) is 1. The summed E-state index contributed by atoms with van der Waals surface area (Å²) in [5.74, 6) is 0. The van der Waals surface area contributed by atoms with Gasteiger partial charge in [-0.25, -0.2) is 0 Å². The molecule has 0 saturated carbocycles. The van der Waals surface area contributed by atoms with Crippen molar-refractivity contribution in [1.29, 1.82) is 0 Å². The predicted octanol–water partition coefficient (Wildman–Crippen LogP) is 2.00. The Bertz CT molecular complexity index is 335. The van der Waals surface area contributed by atoms with Gasteiger partial charge in [0.15, 0.2) is 0 Å². The van der Waals surface area contributed by atoms with Crippen LogP contribution in [0.3, 0.4) is 0 Å². The van der Waals surface area contributed by atoms with Gasteiger partial charge in [-0.2, -0.15) is 0 Å². The minimum Gasteiger partial charge on any atom is -0.317 e. The molecule has 0 aromatic carbocycles. The number of nitrogens with zero attached hydrogens (tertiary/aromatic N) is 2. The van der Waals surface area contributed by atoms with Crippen LogP contribution in [0.5, 0.6) is 0 Å². The minimum atomic E-state index is 0. The molecule has 1 aromatic rings. The van der Waals surface area contributed by atoms with Gasteiger partial charge in [-0.3, -0.25) is 9.88 Å². The highest BCUT2D eigenvalue weighted by Gasteiger charge is 2.17. The van der Waals surface area contributed by atoms with Crippen LogP contribution in [0.1, 0.15) is 24.1 Å². The Morgan fingerprint density at radius 3 is 2.71 bits per heavy atom. The largest absolute Gasteiger partial charge is 0.317 e. The van der Waals surface area contributed by atoms with Crippen LogP contribution < -0.4 is 5.32 Å². The van der Waals surface area contributed by atoms with Crippen molar-refractivity contribution in [2.24, 2.45) is 0 Å². The molecule has 0 atom stereocenters. The maximum Gasteiger partial charge on any atom is 0.0417 e. The van der Waals surface area contributed by atoms with Crippen LogP contribution in [0, 0.1) is 6.92 Å². The summed E-state index contributed by atoms with van der Waals surface area (Å²) in [6, 6.07) is 4.93. The zero-order valence-corrected chi connectivity index (χ0v) is 11.5. The number of aryl methyl sites for hydroxylation is 1. The van der Waals surface area contributed by atoms with Gasteiger partial charge in [0.2, 0.25) is 0 Å². The standard InChI is InChI=1S/C13H21N3.ClH/c1-11-12(4-3-7-15-11)10-16-8-5-13(14-2)6-9-16;/h3-4,7,13-14H,5-6,8-10H2,1-2H3;1H. The molecule has 0 bridgehead atoms. The summed E-state index contributed by atoms with van der Waals surface area (Å²) in [6.07, 6.45) is 4.39. The Labute approximate surface area is 110 Å². The van der Waals surface area contributed by atoms with Crippen LogP contribution in [-0.2, 0) is 6.54 Å². The van der Waals surface area contributed by atoms with Crippen LogP contribution in [0.25, 0.3) is 0 Å². The summed E-state index contributed by atoms with van der Waals surface area (Å²) in [4.78, 5) is 6.86. The topological polar surface area (TPSA) is 28.2 Å². The molecule has 17 heavy (non-hydrogen) atoms. The van der Waals surface area contributed by atoms with Crippen LogP contribution in [0.15, 0.2) is 18.3 Å². The third-order valence-corrected chi connectivity index (χ3v) is 3.51. The summed E-state index contributed by atoms with van der Waals surface area (Å²) < 4.78 is 0. The van der Waals surface area contributed by atoms with Gasteiger partial charge in [-0.05, 0) is 51.5 Å². The van der Waals surface area contributed by atoms with Crippen LogP contribution in [0.4, 0.5) is 0 Å². The number of halogens is 1. The van der Waals surface area contributed by atoms with Crippen molar-refractivity contribution in [2.75, 3.05) is 20.1 Å².